The fourth-order valence-electron chi connectivity index (χ4n) is 3.68. The van der Waals surface area contributed by atoms with Crippen LogP contribution in [0.4, 0.5) is 13.2 Å². The molecular weight excluding hydrogens is 397 g/mol. The lowest BCUT2D eigenvalue weighted by Crippen LogP contribution is -2.59. The maximum Gasteiger partial charge on any atom is 0.320 e. The first-order chi connectivity index (χ1) is 13.0. The average Bonchev–Trinajstić information content (AvgIpc) is 2.75. The van der Waals surface area contributed by atoms with Crippen LogP contribution in [0.3, 0.4) is 0 Å². The maximum absolute atomic E-state index is 14.5. The molecule has 0 bridgehead atoms. The molecule has 10 heteroatoms. The van der Waals surface area contributed by atoms with Gasteiger partial charge in [-0.2, -0.15) is 9.97 Å². The molecule has 0 spiro atoms. The van der Waals surface area contributed by atoms with Crippen LogP contribution < -0.4 is 9.47 Å². The van der Waals surface area contributed by atoms with Crippen LogP contribution in [0.5, 0.6) is 11.9 Å². The predicted molar refractivity (Wildman–Crippen MR) is 96.7 cm³/mol. The van der Waals surface area contributed by atoms with Crippen molar-refractivity contribution in [3.8, 4) is 11.9 Å². The van der Waals surface area contributed by atoms with E-state index >= 15 is 0 Å². The molecule has 2 aromatic rings. The monoisotopic (exact) mass is 416 g/mol. The van der Waals surface area contributed by atoms with Gasteiger partial charge in [-0.1, -0.05) is 11.6 Å². The molecule has 2 aliphatic rings. The summed E-state index contributed by atoms with van der Waals surface area (Å²) in [6, 6.07) is -0.149. The third kappa shape index (κ3) is 3.45. The van der Waals surface area contributed by atoms with Crippen molar-refractivity contribution in [2.75, 3.05) is 19.7 Å². The summed E-state index contributed by atoms with van der Waals surface area (Å²) >= 11 is 5.77. The molecule has 2 aliphatic heterocycles. The van der Waals surface area contributed by atoms with E-state index < -0.39 is 22.9 Å². The van der Waals surface area contributed by atoms with Gasteiger partial charge in [-0.05, 0) is 27.2 Å². The molecule has 2 aromatic heterocycles. The Morgan fingerprint density at radius 2 is 2.04 bits per heavy atom. The molecule has 1 unspecified atom stereocenters. The highest BCUT2D eigenvalue weighted by Gasteiger charge is 2.59. The quantitative estimate of drug-likeness (QED) is 0.705. The Morgan fingerprint density at radius 3 is 2.64 bits per heavy atom. The molecule has 2 saturated heterocycles. The van der Waals surface area contributed by atoms with Crippen LogP contribution in [-0.2, 0) is 0 Å². The number of alkyl halides is 2. The predicted octanol–water partition coefficient (Wildman–Crippen LogP) is 3.86. The Bertz CT molecular complexity index is 937. The molecule has 28 heavy (non-hydrogen) atoms. The second-order valence-corrected chi connectivity index (χ2v) is 8.73. The molecule has 6 nitrogen and oxygen atoms in total. The van der Waals surface area contributed by atoms with Gasteiger partial charge in [-0.15, -0.1) is 0 Å². The molecule has 152 valence electrons. The number of aromatic nitrogens is 3. The smallest absolute Gasteiger partial charge is 0.320 e. The lowest BCUT2D eigenvalue weighted by Gasteiger charge is -2.46. The van der Waals surface area contributed by atoms with Crippen molar-refractivity contribution in [3.05, 3.63) is 17.2 Å². The van der Waals surface area contributed by atoms with E-state index in [0.717, 1.165) is 0 Å². The summed E-state index contributed by atoms with van der Waals surface area (Å²) in [5, 5.41) is -0.0851. The molecular formula is C18H20ClF3N4O2. The topological polar surface area (TPSA) is 60.4 Å². The van der Waals surface area contributed by atoms with Gasteiger partial charge in [-0.3, -0.25) is 4.90 Å². The summed E-state index contributed by atoms with van der Waals surface area (Å²) in [6.07, 6.45) is 1.66. The molecule has 0 radical (unpaired) electrons. The first kappa shape index (κ1) is 19.4. The molecule has 1 atom stereocenters. The Hall–Kier alpha value is -1.87. The van der Waals surface area contributed by atoms with Crippen molar-refractivity contribution < 1.29 is 22.6 Å². The van der Waals surface area contributed by atoms with Crippen LogP contribution in [0.15, 0.2) is 6.20 Å². The molecule has 0 saturated carbocycles. The Labute approximate surface area is 165 Å². The van der Waals surface area contributed by atoms with E-state index in [4.69, 9.17) is 21.1 Å². The Kier molecular flexibility index (Phi) is 4.39. The molecule has 0 amide bonds. The molecule has 2 fully saturated rings. The summed E-state index contributed by atoms with van der Waals surface area (Å²) in [6.45, 7) is 5.76. The van der Waals surface area contributed by atoms with Gasteiger partial charge in [0.15, 0.2) is 11.0 Å². The number of hydrogen-bond acceptors (Lipinski definition) is 6. The highest BCUT2D eigenvalue weighted by Crippen LogP contribution is 2.47. The highest BCUT2D eigenvalue weighted by molar-refractivity contribution is 6.30. The second kappa shape index (κ2) is 6.32. The molecule has 4 rings (SSSR count). The second-order valence-electron chi connectivity index (χ2n) is 8.37. The van der Waals surface area contributed by atoms with E-state index in [0.29, 0.717) is 13.0 Å². The van der Waals surface area contributed by atoms with Gasteiger partial charge >= 0.3 is 6.01 Å². The van der Waals surface area contributed by atoms with E-state index in [1.807, 2.05) is 20.8 Å². The summed E-state index contributed by atoms with van der Waals surface area (Å²) in [7, 11) is 0. The Morgan fingerprint density at radius 1 is 1.29 bits per heavy atom. The van der Waals surface area contributed by atoms with Crippen molar-refractivity contribution in [2.24, 2.45) is 0 Å². The van der Waals surface area contributed by atoms with Gasteiger partial charge in [0.1, 0.15) is 17.7 Å². The highest BCUT2D eigenvalue weighted by atomic mass is 35.5. The van der Waals surface area contributed by atoms with Crippen LogP contribution >= 0.6 is 11.6 Å². The summed E-state index contributed by atoms with van der Waals surface area (Å²) in [5.74, 6) is -3.47. The molecule has 0 aromatic carbocycles. The SMILES string of the molecule is CC(C)(C)Oc1nc(OCC23CCN2CC(F)(F)C3)nc2c(F)c(Cl)ncc12. The first-order valence-electron chi connectivity index (χ1n) is 8.95. The van der Waals surface area contributed by atoms with E-state index in [9.17, 15) is 13.2 Å². The molecule has 0 aliphatic carbocycles. The van der Waals surface area contributed by atoms with Crippen LogP contribution in [0.1, 0.15) is 33.6 Å². The van der Waals surface area contributed by atoms with Crippen LogP contribution in [0.2, 0.25) is 5.15 Å². The number of hydrogen-bond donors (Lipinski definition) is 0. The van der Waals surface area contributed by atoms with Gasteiger partial charge in [0.05, 0.1) is 17.5 Å². The summed E-state index contributed by atoms with van der Waals surface area (Å²) in [5.41, 5.74) is -1.45. The maximum atomic E-state index is 14.5. The number of ether oxygens (including phenoxy) is 2. The lowest BCUT2D eigenvalue weighted by atomic mass is 9.85. The zero-order valence-corrected chi connectivity index (χ0v) is 16.5. The largest absolute Gasteiger partial charge is 0.471 e. The lowest BCUT2D eigenvalue weighted by molar-refractivity contribution is -0.0135. The van der Waals surface area contributed by atoms with E-state index in [1.54, 1.807) is 4.90 Å². The van der Waals surface area contributed by atoms with E-state index in [-0.39, 0.29) is 47.5 Å². The van der Waals surface area contributed by atoms with Crippen molar-refractivity contribution >= 4 is 22.5 Å². The van der Waals surface area contributed by atoms with Gasteiger partial charge in [0, 0.05) is 19.2 Å². The van der Waals surface area contributed by atoms with Crippen molar-refractivity contribution in [1.29, 1.82) is 0 Å². The van der Waals surface area contributed by atoms with E-state index in [2.05, 4.69) is 15.0 Å². The van der Waals surface area contributed by atoms with Crippen molar-refractivity contribution in [2.45, 2.75) is 50.7 Å². The minimum Gasteiger partial charge on any atom is -0.471 e. The first-order valence-corrected chi connectivity index (χ1v) is 9.32. The minimum atomic E-state index is -2.74. The van der Waals surface area contributed by atoms with Crippen molar-refractivity contribution in [3.63, 3.8) is 0 Å². The third-order valence-corrected chi connectivity index (χ3v) is 5.25. The summed E-state index contributed by atoms with van der Waals surface area (Å²) in [4.78, 5) is 13.8. The van der Waals surface area contributed by atoms with Gasteiger partial charge in [-0.25, -0.2) is 18.2 Å². The zero-order chi connectivity index (χ0) is 20.3. The number of nitrogens with zero attached hydrogens (tertiary/aromatic N) is 4. The van der Waals surface area contributed by atoms with Crippen molar-refractivity contribution in [1.82, 2.24) is 19.9 Å². The number of fused-ring (bicyclic) bond motifs is 2. The zero-order valence-electron chi connectivity index (χ0n) is 15.7. The van der Waals surface area contributed by atoms with Gasteiger partial charge in [0.25, 0.3) is 5.92 Å². The minimum absolute atomic E-state index is 0.0104. The van der Waals surface area contributed by atoms with Crippen LogP contribution in [0.25, 0.3) is 10.9 Å². The number of halogens is 4. The standard InChI is InChI=1S/C18H20ClF3N4O2/c1-16(2,3)28-14-10-6-23-13(19)11(20)12(10)24-15(25-14)27-9-17-4-5-26(17)8-18(21,22)7-17/h6H,4-5,7-9H2,1-3H3. The summed E-state index contributed by atoms with van der Waals surface area (Å²) < 4.78 is 53.5. The number of pyridine rings is 1. The third-order valence-electron chi connectivity index (χ3n) is 4.99. The van der Waals surface area contributed by atoms with Crippen LogP contribution in [0, 0.1) is 5.82 Å². The number of rotatable bonds is 4. The van der Waals surface area contributed by atoms with Crippen LogP contribution in [-0.4, -0.2) is 56.6 Å². The molecule has 0 N–H and O–H groups in total. The normalized spacial score (nSPS) is 24.1. The average molecular weight is 417 g/mol. The Balaban J connectivity index is 1.66. The van der Waals surface area contributed by atoms with Gasteiger partial charge in [0.2, 0.25) is 5.88 Å². The molecule has 4 heterocycles. The van der Waals surface area contributed by atoms with Gasteiger partial charge < -0.3 is 9.47 Å². The fraction of sp³-hybridized carbons (Fsp3) is 0.611. The fourth-order valence-corrected chi connectivity index (χ4v) is 3.82. The van der Waals surface area contributed by atoms with E-state index in [1.165, 1.54) is 6.20 Å².